The average Bonchev–Trinajstić information content (AvgIpc) is 2.72. The molecular formula is C12H14F3N3O2. The van der Waals surface area contributed by atoms with Gasteiger partial charge in [0.1, 0.15) is 5.69 Å². The number of carboxylic acids is 1. The van der Waals surface area contributed by atoms with E-state index in [1.54, 1.807) is 6.92 Å². The smallest absolute Gasteiger partial charge is 0.433 e. The predicted molar refractivity (Wildman–Crippen MR) is 64.0 cm³/mol. The van der Waals surface area contributed by atoms with Crippen molar-refractivity contribution in [3.63, 3.8) is 0 Å². The molecule has 2 unspecified atom stereocenters. The summed E-state index contributed by atoms with van der Waals surface area (Å²) in [4.78, 5) is 18.4. The fourth-order valence-electron chi connectivity index (χ4n) is 2.40. The summed E-state index contributed by atoms with van der Waals surface area (Å²) in [5, 5.41) is 12.0. The number of nitrogens with zero attached hydrogens (tertiary/aromatic N) is 2. The van der Waals surface area contributed by atoms with Crippen molar-refractivity contribution in [1.29, 1.82) is 0 Å². The van der Waals surface area contributed by atoms with E-state index < -0.39 is 29.3 Å². The van der Waals surface area contributed by atoms with Gasteiger partial charge in [0.05, 0.1) is 5.41 Å². The number of carbonyl (C=O) groups is 1. The molecule has 0 bridgehead atoms. The van der Waals surface area contributed by atoms with Crippen LogP contribution in [0.4, 0.5) is 19.1 Å². The van der Waals surface area contributed by atoms with Crippen LogP contribution in [-0.4, -0.2) is 27.1 Å². The van der Waals surface area contributed by atoms with Crippen LogP contribution in [0.5, 0.6) is 0 Å². The summed E-state index contributed by atoms with van der Waals surface area (Å²) in [6, 6.07) is 0.291. The number of alkyl halides is 3. The Kier molecular flexibility index (Phi) is 3.58. The summed E-state index contributed by atoms with van der Waals surface area (Å²) in [5.74, 6) is -1.17. The van der Waals surface area contributed by atoms with Gasteiger partial charge in [-0.3, -0.25) is 4.79 Å². The fourth-order valence-corrected chi connectivity index (χ4v) is 2.40. The van der Waals surface area contributed by atoms with Gasteiger partial charge in [0.15, 0.2) is 0 Å². The maximum atomic E-state index is 12.5. The highest BCUT2D eigenvalue weighted by Crippen LogP contribution is 2.39. The molecule has 2 atom stereocenters. The summed E-state index contributed by atoms with van der Waals surface area (Å²) in [6.45, 7) is 1.58. The minimum Gasteiger partial charge on any atom is -0.481 e. The first kappa shape index (κ1) is 14.5. The number of anilines is 1. The second-order valence-corrected chi connectivity index (χ2v) is 5.08. The Morgan fingerprint density at radius 3 is 2.85 bits per heavy atom. The molecule has 1 aliphatic carbocycles. The summed E-state index contributed by atoms with van der Waals surface area (Å²) in [5.41, 5.74) is -2.07. The number of carboxylic acid groups (broad SMARTS) is 1. The van der Waals surface area contributed by atoms with Gasteiger partial charge in [0.2, 0.25) is 5.95 Å². The van der Waals surface area contributed by atoms with Crippen molar-refractivity contribution >= 4 is 11.9 Å². The molecule has 2 rings (SSSR count). The number of hydrogen-bond donors (Lipinski definition) is 2. The largest absolute Gasteiger partial charge is 0.481 e. The van der Waals surface area contributed by atoms with Crippen LogP contribution in [0.1, 0.15) is 31.9 Å². The van der Waals surface area contributed by atoms with Crippen LogP contribution in [0.25, 0.3) is 0 Å². The van der Waals surface area contributed by atoms with E-state index in [-0.39, 0.29) is 5.95 Å². The maximum Gasteiger partial charge on any atom is 0.433 e. The van der Waals surface area contributed by atoms with Crippen molar-refractivity contribution in [1.82, 2.24) is 9.97 Å². The summed E-state index contributed by atoms with van der Waals surface area (Å²) in [7, 11) is 0. The quantitative estimate of drug-likeness (QED) is 0.894. The lowest BCUT2D eigenvalue weighted by Crippen LogP contribution is -2.40. The summed E-state index contributed by atoms with van der Waals surface area (Å²) >= 11 is 0. The van der Waals surface area contributed by atoms with E-state index in [9.17, 15) is 23.1 Å². The molecule has 0 saturated heterocycles. The molecule has 0 amide bonds. The molecule has 2 N–H and O–H groups in total. The lowest BCUT2D eigenvalue weighted by molar-refractivity contribution is -0.148. The number of rotatable bonds is 3. The number of nitrogens with one attached hydrogen (secondary N) is 1. The Bertz CT molecular complexity index is 521. The van der Waals surface area contributed by atoms with Gasteiger partial charge in [-0.05, 0) is 25.8 Å². The monoisotopic (exact) mass is 289 g/mol. The maximum absolute atomic E-state index is 12.5. The third kappa shape index (κ3) is 2.68. The van der Waals surface area contributed by atoms with E-state index in [4.69, 9.17) is 0 Å². The van der Waals surface area contributed by atoms with Crippen molar-refractivity contribution in [2.75, 3.05) is 5.32 Å². The number of aliphatic carboxylic acids is 1. The lowest BCUT2D eigenvalue weighted by Gasteiger charge is -2.27. The SMILES string of the molecule is CC1(C(=O)O)CCCC1Nc1nccc(C(F)(F)F)n1. The Labute approximate surface area is 113 Å². The van der Waals surface area contributed by atoms with Crippen molar-refractivity contribution in [2.45, 2.75) is 38.4 Å². The third-order valence-electron chi connectivity index (χ3n) is 3.70. The van der Waals surface area contributed by atoms with Gasteiger partial charge in [0, 0.05) is 12.2 Å². The highest BCUT2D eigenvalue weighted by molar-refractivity contribution is 5.76. The topological polar surface area (TPSA) is 75.1 Å². The van der Waals surface area contributed by atoms with Crippen LogP contribution in [-0.2, 0) is 11.0 Å². The molecule has 0 radical (unpaired) electrons. The Morgan fingerprint density at radius 2 is 2.25 bits per heavy atom. The number of hydrogen-bond acceptors (Lipinski definition) is 4. The fraction of sp³-hybridized carbons (Fsp3) is 0.583. The van der Waals surface area contributed by atoms with Crippen LogP contribution < -0.4 is 5.32 Å². The van der Waals surface area contributed by atoms with Crippen molar-refractivity contribution in [3.8, 4) is 0 Å². The zero-order valence-electron chi connectivity index (χ0n) is 10.7. The average molecular weight is 289 g/mol. The molecule has 1 aromatic heterocycles. The molecule has 0 aromatic carbocycles. The third-order valence-corrected chi connectivity index (χ3v) is 3.70. The Balaban J connectivity index is 2.20. The van der Waals surface area contributed by atoms with Crippen LogP contribution in [0.2, 0.25) is 0 Å². The van der Waals surface area contributed by atoms with Gasteiger partial charge in [-0.1, -0.05) is 6.42 Å². The van der Waals surface area contributed by atoms with Crippen molar-refractivity contribution < 1.29 is 23.1 Å². The van der Waals surface area contributed by atoms with Crippen LogP contribution in [0, 0.1) is 5.41 Å². The van der Waals surface area contributed by atoms with Gasteiger partial charge < -0.3 is 10.4 Å². The van der Waals surface area contributed by atoms with Gasteiger partial charge >= 0.3 is 12.1 Å². The molecule has 1 aliphatic rings. The first-order valence-corrected chi connectivity index (χ1v) is 6.13. The molecule has 1 heterocycles. The van der Waals surface area contributed by atoms with E-state index in [2.05, 4.69) is 15.3 Å². The van der Waals surface area contributed by atoms with E-state index in [1.165, 1.54) is 0 Å². The van der Waals surface area contributed by atoms with Gasteiger partial charge in [-0.15, -0.1) is 0 Å². The first-order valence-electron chi connectivity index (χ1n) is 6.13. The molecule has 110 valence electrons. The second kappa shape index (κ2) is 4.92. The zero-order valence-corrected chi connectivity index (χ0v) is 10.7. The molecule has 1 saturated carbocycles. The molecule has 0 aliphatic heterocycles. The minimum absolute atomic E-state index is 0.195. The molecule has 5 nitrogen and oxygen atoms in total. The highest BCUT2D eigenvalue weighted by atomic mass is 19.4. The molecular weight excluding hydrogens is 275 g/mol. The molecule has 1 fully saturated rings. The molecule has 1 aromatic rings. The summed E-state index contributed by atoms with van der Waals surface area (Å²) in [6.07, 6.45) is -1.82. The molecule has 8 heteroatoms. The first-order chi connectivity index (χ1) is 9.23. The van der Waals surface area contributed by atoms with Crippen molar-refractivity contribution in [2.24, 2.45) is 5.41 Å². The van der Waals surface area contributed by atoms with Gasteiger partial charge in [0.25, 0.3) is 0 Å². The van der Waals surface area contributed by atoms with E-state index >= 15 is 0 Å². The Hall–Kier alpha value is -1.86. The number of halogens is 3. The van der Waals surface area contributed by atoms with Crippen LogP contribution >= 0.6 is 0 Å². The minimum atomic E-state index is -4.55. The van der Waals surface area contributed by atoms with Gasteiger partial charge in [-0.25, -0.2) is 9.97 Å². The van der Waals surface area contributed by atoms with Crippen LogP contribution in [0.15, 0.2) is 12.3 Å². The van der Waals surface area contributed by atoms with Crippen molar-refractivity contribution in [3.05, 3.63) is 18.0 Å². The van der Waals surface area contributed by atoms with E-state index in [0.29, 0.717) is 19.3 Å². The second-order valence-electron chi connectivity index (χ2n) is 5.08. The highest BCUT2D eigenvalue weighted by Gasteiger charge is 2.45. The number of aromatic nitrogens is 2. The standard InChI is InChI=1S/C12H14F3N3O2/c1-11(9(19)20)5-2-3-7(11)17-10-16-6-4-8(18-10)12(13,14)15/h4,6-7H,2-3,5H2,1H3,(H,19,20)(H,16,17,18). The molecule has 20 heavy (non-hydrogen) atoms. The van der Waals surface area contributed by atoms with E-state index in [0.717, 1.165) is 12.3 Å². The normalized spacial score (nSPS) is 26.5. The molecule has 0 spiro atoms. The zero-order chi connectivity index (χ0) is 15.0. The van der Waals surface area contributed by atoms with E-state index in [1.807, 2.05) is 0 Å². The lowest BCUT2D eigenvalue weighted by atomic mass is 9.85. The Morgan fingerprint density at radius 1 is 1.55 bits per heavy atom. The van der Waals surface area contributed by atoms with Crippen LogP contribution in [0.3, 0.4) is 0 Å². The predicted octanol–water partition coefficient (Wildman–Crippen LogP) is 2.55. The summed E-state index contributed by atoms with van der Waals surface area (Å²) < 4.78 is 37.6. The van der Waals surface area contributed by atoms with Gasteiger partial charge in [-0.2, -0.15) is 13.2 Å².